The van der Waals surface area contributed by atoms with E-state index in [1.165, 1.54) is 19.3 Å². The molecule has 1 aliphatic heterocycles. The lowest BCUT2D eigenvalue weighted by atomic mass is 10.1. The van der Waals surface area contributed by atoms with E-state index >= 15 is 0 Å². The molecule has 5 nitrogen and oxygen atoms in total. The molecule has 0 aromatic heterocycles. The number of rotatable bonds is 4. The van der Waals surface area contributed by atoms with E-state index in [0.29, 0.717) is 11.8 Å². The summed E-state index contributed by atoms with van der Waals surface area (Å²) < 4.78 is 0. The van der Waals surface area contributed by atoms with Gasteiger partial charge in [-0.2, -0.15) is 0 Å². The minimum Gasteiger partial charge on any atom is -0.545 e. The molecule has 0 bridgehead atoms. The van der Waals surface area contributed by atoms with Crippen LogP contribution in [0.5, 0.6) is 0 Å². The third kappa shape index (κ3) is 4.12. The van der Waals surface area contributed by atoms with Gasteiger partial charge in [0.1, 0.15) is 0 Å². The van der Waals surface area contributed by atoms with Crippen molar-refractivity contribution in [2.45, 2.75) is 19.3 Å². The van der Waals surface area contributed by atoms with Crippen molar-refractivity contribution in [2.75, 3.05) is 23.3 Å². The van der Waals surface area contributed by atoms with Gasteiger partial charge < -0.3 is 20.1 Å². The minimum atomic E-state index is -1.39. The van der Waals surface area contributed by atoms with Crippen molar-refractivity contribution >= 4 is 23.3 Å². The van der Waals surface area contributed by atoms with Crippen molar-refractivity contribution < 1.29 is 14.7 Å². The summed E-state index contributed by atoms with van der Waals surface area (Å²) in [6, 6.07) is 7.55. The summed E-state index contributed by atoms with van der Waals surface area (Å²) in [7, 11) is 0. The molecule has 20 heavy (non-hydrogen) atoms. The summed E-state index contributed by atoms with van der Waals surface area (Å²) in [5.74, 6) is -1.87. The van der Waals surface area contributed by atoms with Crippen LogP contribution in [-0.4, -0.2) is 25.0 Å². The molecule has 0 spiro atoms. The lowest BCUT2D eigenvalue weighted by Gasteiger charge is -2.28. The summed E-state index contributed by atoms with van der Waals surface area (Å²) in [5, 5.41) is 12.8. The molecule has 1 heterocycles. The van der Waals surface area contributed by atoms with Gasteiger partial charge in [-0.1, -0.05) is 0 Å². The van der Waals surface area contributed by atoms with Gasteiger partial charge in [-0.05, 0) is 49.6 Å². The topological polar surface area (TPSA) is 72.5 Å². The first-order valence-electron chi connectivity index (χ1n) is 6.70. The quantitative estimate of drug-likeness (QED) is 0.828. The molecule has 0 saturated carbocycles. The molecule has 0 aliphatic carbocycles. The highest BCUT2D eigenvalue weighted by atomic mass is 16.4. The van der Waals surface area contributed by atoms with Crippen LogP contribution in [0.1, 0.15) is 19.3 Å². The molecular formula is C15H17N2O3-. The molecule has 1 aliphatic rings. The highest BCUT2D eigenvalue weighted by Gasteiger charge is 2.10. The van der Waals surface area contributed by atoms with E-state index in [1.807, 2.05) is 24.3 Å². The first kappa shape index (κ1) is 14.1. The number of hydrogen-bond acceptors (Lipinski definition) is 4. The van der Waals surface area contributed by atoms with E-state index in [1.54, 1.807) is 0 Å². The van der Waals surface area contributed by atoms with Crippen LogP contribution in [0, 0.1) is 0 Å². The summed E-state index contributed by atoms with van der Waals surface area (Å²) in [6.45, 7) is 2.14. The number of carbonyl (C=O) groups is 2. The zero-order chi connectivity index (χ0) is 14.4. The molecule has 0 unspecified atom stereocenters. The number of aliphatic carboxylic acids is 1. The van der Waals surface area contributed by atoms with Gasteiger partial charge in [-0.25, -0.2) is 0 Å². The molecule has 0 radical (unpaired) electrons. The van der Waals surface area contributed by atoms with Crippen molar-refractivity contribution in [3.05, 3.63) is 36.4 Å². The average molecular weight is 273 g/mol. The molecule has 1 saturated heterocycles. The Kier molecular flexibility index (Phi) is 4.76. The lowest BCUT2D eigenvalue weighted by molar-refractivity contribution is -0.297. The second kappa shape index (κ2) is 6.75. The van der Waals surface area contributed by atoms with Gasteiger partial charge in [-0.3, -0.25) is 4.79 Å². The first-order valence-corrected chi connectivity index (χ1v) is 6.70. The number of nitrogens with zero attached hydrogens (tertiary/aromatic N) is 1. The largest absolute Gasteiger partial charge is 0.545 e. The summed E-state index contributed by atoms with van der Waals surface area (Å²) >= 11 is 0. The normalized spacial score (nSPS) is 15.3. The van der Waals surface area contributed by atoms with Crippen LogP contribution >= 0.6 is 0 Å². The molecule has 1 aromatic rings. The van der Waals surface area contributed by atoms with Gasteiger partial charge in [0.15, 0.2) is 0 Å². The highest BCUT2D eigenvalue weighted by Crippen LogP contribution is 2.21. The number of nitrogens with one attached hydrogen (secondary N) is 1. The lowest BCUT2D eigenvalue weighted by Crippen LogP contribution is -2.29. The molecular weight excluding hydrogens is 256 g/mol. The number of hydrogen-bond donors (Lipinski definition) is 1. The Balaban J connectivity index is 1.94. The smallest absolute Gasteiger partial charge is 0.248 e. The average Bonchev–Trinajstić information content (AvgIpc) is 2.47. The predicted molar refractivity (Wildman–Crippen MR) is 75.3 cm³/mol. The van der Waals surface area contributed by atoms with E-state index in [2.05, 4.69) is 10.2 Å². The van der Waals surface area contributed by atoms with E-state index in [9.17, 15) is 14.7 Å². The van der Waals surface area contributed by atoms with Crippen molar-refractivity contribution in [3.8, 4) is 0 Å². The molecule has 1 aromatic carbocycles. The number of carbonyl (C=O) groups excluding carboxylic acids is 2. The van der Waals surface area contributed by atoms with Crippen LogP contribution in [0.4, 0.5) is 11.4 Å². The fourth-order valence-electron chi connectivity index (χ4n) is 2.24. The van der Waals surface area contributed by atoms with Crippen LogP contribution in [0.2, 0.25) is 0 Å². The minimum absolute atomic E-state index is 0.486. The van der Waals surface area contributed by atoms with Crippen LogP contribution in [0.3, 0.4) is 0 Å². The Labute approximate surface area is 117 Å². The van der Waals surface area contributed by atoms with Gasteiger partial charge in [0.05, 0.1) is 5.97 Å². The Bertz CT molecular complexity index is 502. The molecule has 0 atom stereocenters. The van der Waals surface area contributed by atoms with E-state index in [0.717, 1.165) is 24.9 Å². The fourth-order valence-corrected chi connectivity index (χ4v) is 2.24. The van der Waals surface area contributed by atoms with Crippen molar-refractivity contribution in [2.24, 2.45) is 0 Å². The van der Waals surface area contributed by atoms with Crippen molar-refractivity contribution in [1.82, 2.24) is 0 Å². The van der Waals surface area contributed by atoms with E-state index in [-0.39, 0.29) is 0 Å². The Morgan fingerprint density at radius 2 is 1.70 bits per heavy atom. The molecule has 2 rings (SSSR count). The monoisotopic (exact) mass is 273 g/mol. The summed E-state index contributed by atoms with van der Waals surface area (Å²) in [4.78, 5) is 23.9. The van der Waals surface area contributed by atoms with E-state index in [4.69, 9.17) is 0 Å². The molecule has 1 amide bonds. The Morgan fingerprint density at radius 1 is 1.05 bits per heavy atom. The second-order valence-corrected chi connectivity index (χ2v) is 4.74. The number of piperidine rings is 1. The number of benzene rings is 1. The third-order valence-electron chi connectivity index (χ3n) is 3.23. The van der Waals surface area contributed by atoms with Gasteiger partial charge in [0, 0.05) is 30.5 Å². The number of carboxylic acids is 1. The first-order chi connectivity index (χ1) is 9.65. The van der Waals surface area contributed by atoms with Crippen LogP contribution in [0.15, 0.2) is 36.4 Å². The standard InChI is InChI=1S/C15H18N2O3/c18-14(8-9-15(19)20)16-12-4-6-13(7-5-12)17-10-2-1-3-11-17/h4-9H,1-3,10-11H2,(H,16,18)(H,19,20)/p-1/b9-8+. The summed E-state index contributed by atoms with van der Waals surface area (Å²) in [6.07, 6.45) is 5.36. The van der Waals surface area contributed by atoms with E-state index < -0.39 is 11.9 Å². The number of anilines is 2. The Hall–Kier alpha value is -2.30. The molecule has 1 fully saturated rings. The zero-order valence-corrected chi connectivity index (χ0v) is 11.2. The third-order valence-corrected chi connectivity index (χ3v) is 3.23. The summed E-state index contributed by atoms with van der Waals surface area (Å²) in [5.41, 5.74) is 1.78. The fraction of sp³-hybridized carbons (Fsp3) is 0.333. The maximum atomic E-state index is 11.4. The maximum absolute atomic E-state index is 11.4. The predicted octanol–water partition coefficient (Wildman–Crippen LogP) is 0.921. The van der Waals surface area contributed by atoms with Crippen LogP contribution < -0.4 is 15.3 Å². The van der Waals surface area contributed by atoms with Gasteiger partial charge in [-0.15, -0.1) is 0 Å². The number of amides is 1. The van der Waals surface area contributed by atoms with Gasteiger partial charge >= 0.3 is 0 Å². The van der Waals surface area contributed by atoms with Crippen LogP contribution in [0.25, 0.3) is 0 Å². The zero-order valence-electron chi connectivity index (χ0n) is 11.2. The highest BCUT2D eigenvalue weighted by molar-refractivity contribution is 6.02. The van der Waals surface area contributed by atoms with Gasteiger partial charge in [0.2, 0.25) is 5.91 Å². The molecule has 106 valence electrons. The Morgan fingerprint density at radius 3 is 2.30 bits per heavy atom. The molecule has 5 heteroatoms. The molecule has 1 N–H and O–H groups in total. The van der Waals surface area contributed by atoms with Crippen LogP contribution in [-0.2, 0) is 9.59 Å². The second-order valence-electron chi connectivity index (χ2n) is 4.74. The van der Waals surface area contributed by atoms with Gasteiger partial charge in [0.25, 0.3) is 0 Å². The number of carboxylic acid groups (broad SMARTS) is 1. The van der Waals surface area contributed by atoms with Crippen molar-refractivity contribution in [3.63, 3.8) is 0 Å². The SMILES string of the molecule is O=C([O-])/C=C/C(=O)Nc1ccc(N2CCCCC2)cc1. The van der Waals surface area contributed by atoms with Crippen molar-refractivity contribution in [1.29, 1.82) is 0 Å². The maximum Gasteiger partial charge on any atom is 0.248 e.